The van der Waals surface area contributed by atoms with Crippen molar-refractivity contribution in [1.82, 2.24) is 15.2 Å². The Balaban J connectivity index is 1.77. The van der Waals surface area contributed by atoms with Crippen LogP contribution in [0.5, 0.6) is 0 Å². The normalized spacial score (nSPS) is 10.1. The fourth-order valence-corrected chi connectivity index (χ4v) is 2.04. The molecule has 0 saturated carbocycles. The van der Waals surface area contributed by atoms with Crippen molar-refractivity contribution in [3.8, 4) is 11.4 Å². The van der Waals surface area contributed by atoms with E-state index in [0.29, 0.717) is 17.1 Å². The van der Waals surface area contributed by atoms with E-state index in [1.807, 2.05) is 36.4 Å². The van der Waals surface area contributed by atoms with E-state index in [0.717, 1.165) is 11.4 Å². The molecule has 3 rings (SSSR count). The van der Waals surface area contributed by atoms with Crippen molar-refractivity contribution in [2.45, 2.75) is 0 Å². The minimum absolute atomic E-state index is 0.384. The molecule has 6 nitrogen and oxygen atoms in total. The summed E-state index contributed by atoms with van der Waals surface area (Å²) in [4.78, 5) is 15.8. The van der Waals surface area contributed by atoms with Gasteiger partial charge >= 0.3 is 5.97 Å². The van der Waals surface area contributed by atoms with E-state index in [2.05, 4.69) is 20.5 Å². The van der Waals surface area contributed by atoms with Crippen LogP contribution >= 0.6 is 0 Å². The van der Waals surface area contributed by atoms with Gasteiger partial charge in [-0.2, -0.15) is 0 Å². The molecule has 2 aromatic heterocycles. The molecule has 3 aromatic rings. The maximum absolute atomic E-state index is 11.5. The van der Waals surface area contributed by atoms with Crippen LogP contribution in [0.1, 0.15) is 10.4 Å². The molecule has 0 aliphatic carbocycles. The smallest absolute Gasteiger partial charge is 0.337 e. The zero-order chi connectivity index (χ0) is 16.1. The first kappa shape index (κ1) is 14.6. The molecule has 0 aliphatic rings. The first-order valence-electron chi connectivity index (χ1n) is 6.97. The van der Waals surface area contributed by atoms with Gasteiger partial charge in [-0.15, -0.1) is 10.2 Å². The molecule has 6 heteroatoms. The van der Waals surface area contributed by atoms with Gasteiger partial charge in [0.05, 0.1) is 18.4 Å². The number of anilines is 2. The Labute approximate surface area is 133 Å². The molecular weight excluding hydrogens is 292 g/mol. The summed E-state index contributed by atoms with van der Waals surface area (Å²) in [6, 6.07) is 16.2. The van der Waals surface area contributed by atoms with Crippen molar-refractivity contribution < 1.29 is 9.53 Å². The van der Waals surface area contributed by atoms with Gasteiger partial charge < -0.3 is 10.1 Å². The highest BCUT2D eigenvalue weighted by Crippen LogP contribution is 2.18. The van der Waals surface area contributed by atoms with Gasteiger partial charge in [0.1, 0.15) is 5.69 Å². The second-order valence-electron chi connectivity index (χ2n) is 4.72. The van der Waals surface area contributed by atoms with Gasteiger partial charge in [-0.1, -0.05) is 12.1 Å². The van der Waals surface area contributed by atoms with Crippen LogP contribution in [0.3, 0.4) is 0 Å². The molecule has 0 radical (unpaired) electrons. The first-order valence-corrected chi connectivity index (χ1v) is 6.97. The van der Waals surface area contributed by atoms with Crippen molar-refractivity contribution in [3.05, 3.63) is 66.4 Å². The highest BCUT2D eigenvalue weighted by molar-refractivity contribution is 5.90. The summed E-state index contributed by atoms with van der Waals surface area (Å²) in [5.74, 6) is 0.192. The predicted molar refractivity (Wildman–Crippen MR) is 86.3 cm³/mol. The summed E-state index contributed by atoms with van der Waals surface area (Å²) < 4.78 is 4.70. The van der Waals surface area contributed by atoms with Crippen molar-refractivity contribution in [2.75, 3.05) is 12.4 Å². The van der Waals surface area contributed by atoms with Crippen LogP contribution in [0, 0.1) is 0 Å². The average Bonchev–Trinajstić information content (AvgIpc) is 2.62. The monoisotopic (exact) mass is 306 g/mol. The summed E-state index contributed by atoms with van der Waals surface area (Å²) >= 11 is 0. The number of esters is 1. The third-order valence-electron chi connectivity index (χ3n) is 3.15. The maximum Gasteiger partial charge on any atom is 0.337 e. The molecule has 1 aromatic carbocycles. The number of benzene rings is 1. The summed E-state index contributed by atoms with van der Waals surface area (Å²) in [5.41, 5.74) is 2.65. The molecule has 0 bridgehead atoms. The first-order chi connectivity index (χ1) is 11.3. The second kappa shape index (κ2) is 6.65. The number of methoxy groups -OCH3 is 1. The quantitative estimate of drug-likeness (QED) is 0.746. The standard InChI is InChI=1S/C17H14N4O2/c1-23-17(22)12-5-4-6-13(11-12)19-16-9-8-15(20-21-16)14-7-2-3-10-18-14/h2-11H,1H3,(H,19,21). The van der Waals surface area contributed by atoms with Gasteiger partial charge in [0.25, 0.3) is 0 Å². The predicted octanol–water partition coefficient (Wildman–Crippen LogP) is 3.07. The fraction of sp³-hybridized carbons (Fsp3) is 0.0588. The van der Waals surface area contributed by atoms with Crippen LogP contribution in [0.15, 0.2) is 60.8 Å². The summed E-state index contributed by atoms with van der Waals surface area (Å²) in [7, 11) is 1.35. The number of hydrogen-bond donors (Lipinski definition) is 1. The van der Waals surface area contributed by atoms with Gasteiger partial charge in [-0.05, 0) is 42.5 Å². The molecule has 23 heavy (non-hydrogen) atoms. The number of pyridine rings is 1. The number of ether oxygens (including phenoxy) is 1. The largest absolute Gasteiger partial charge is 0.465 e. The van der Waals surface area contributed by atoms with E-state index in [-0.39, 0.29) is 5.97 Å². The molecule has 0 unspecified atom stereocenters. The highest BCUT2D eigenvalue weighted by atomic mass is 16.5. The molecule has 0 spiro atoms. The Bertz CT molecular complexity index is 804. The lowest BCUT2D eigenvalue weighted by atomic mass is 10.2. The topological polar surface area (TPSA) is 77.0 Å². The number of nitrogens with one attached hydrogen (secondary N) is 1. The SMILES string of the molecule is COC(=O)c1cccc(Nc2ccc(-c3ccccn3)nn2)c1. The number of aromatic nitrogens is 3. The van der Waals surface area contributed by atoms with E-state index in [4.69, 9.17) is 4.74 Å². The minimum Gasteiger partial charge on any atom is -0.465 e. The van der Waals surface area contributed by atoms with Gasteiger partial charge in [0.15, 0.2) is 5.82 Å². The Hall–Kier alpha value is -3.28. The zero-order valence-electron chi connectivity index (χ0n) is 12.4. The van der Waals surface area contributed by atoms with E-state index < -0.39 is 0 Å². The molecule has 114 valence electrons. The average molecular weight is 306 g/mol. The molecule has 0 amide bonds. The van der Waals surface area contributed by atoms with E-state index in [1.54, 1.807) is 24.4 Å². The molecule has 0 atom stereocenters. The Kier molecular flexibility index (Phi) is 4.24. The lowest BCUT2D eigenvalue weighted by molar-refractivity contribution is 0.0601. The van der Waals surface area contributed by atoms with Crippen molar-refractivity contribution in [1.29, 1.82) is 0 Å². The number of carbonyl (C=O) groups is 1. The molecule has 0 saturated heterocycles. The Morgan fingerprint density at radius 1 is 1.00 bits per heavy atom. The van der Waals surface area contributed by atoms with Crippen LogP contribution in [0.4, 0.5) is 11.5 Å². The number of hydrogen-bond acceptors (Lipinski definition) is 6. The van der Waals surface area contributed by atoms with Crippen molar-refractivity contribution >= 4 is 17.5 Å². The number of rotatable bonds is 4. The van der Waals surface area contributed by atoms with Crippen LogP contribution < -0.4 is 5.32 Å². The maximum atomic E-state index is 11.5. The summed E-state index contributed by atoms with van der Waals surface area (Å²) in [6.45, 7) is 0. The van der Waals surface area contributed by atoms with Crippen LogP contribution in [0.25, 0.3) is 11.4 Å². The molecular formula is C17H14N4O2. The Morgan fingerprint density at radius 3 is 2.61 bits per heavy atom. The van der Waals surface area contributed by atoms with Gasteiger partial charge in [0.2, 0.25) is 0 Å². The van der Waals surface area contributed by atoms with Crippen LogP contribution in [0.2, 0.25) is 0 Å². The van der Waals surface area contributed by atoms with E-state index >= 15 is 0 Å². The van der Waals surface area contributed by atoms with Crippen molar-refractivity contribution in [3.63, 3.8) is 0 Å². The third kappa shape index (κ3) is 3.49. The number of nitrogens with zero attached hydrogens (tertiary/aromatic N) is 3. The fourth-order valence-electron chi connectivity index (χ4n) is 2.04. The van der Waals surface area contributed by atoms with Gasteiger partial charge in [-0.25, -0.2) is 4.79 Å². The molecule has 1 N–H and O–H groups in total. The summed E-state index contributed by atoms with van der Waals surface area (Å²) in [6.07, 6.45) is 1.71. The van der Waals surface area contributed by atoms with Gasteiger partial charge in [-0.3, -0.25) is 4.98 Å². The van der Waals surface area contributed by atoms with Crippen LogP contribution in [-0.2, 0) is 4.74 Å². The minimum atomic E-state index is -0.384. The van der Waals surface area contributed by atoms with Gasteiger partial charge in [0, 0.05) is 11.9 Å². The van der Waals surface area contributed by atoms with Crippen LogP contribution in [-0.4, -0.2) is 28.3 Å². The second-order valence-corrected chi connectivity index (χ2v) is 4.72. The number of carbonyl (C=O) groups excluding carboxylic acids is 1. The Morgan fingerprint density at radius 2 is 1.91 bits per heavy atom. The third-order valence-corrected chi connectivity index (χ3v) is 3.15. The molecule has 0 fully saturated rings. The van der Waals surface area contributed by atoms with Crippen molar-refractivity contribution in [2.24, 2.45) is 0 Å². The summed E-state index contributed by atoms with van der Waals surface area (Å²) in [5, 5.41) is 11.4. The lowest BCUT2D eigenvalue weighted by Crippen LogP contribution is -2.02. The molecule has 2 heterocycles. The van der Waals surface area contributed by atoms with E-state index in [1.165, 1.54) is 7.11 Å². The lowest BCUT2D eigenvalue weighted by Gasteiger charge is -2.07. The highest BCUT2D eigenvalue weighted by Gasteiger charge is 2.06. The van der Waals surface area contributed by atoms with E-state index in [9.17, 15) is 4.79 Å². The zero-order valence-corrected chi connectivity index (χ0v) is 12.4. The molecule has 0 aliphatic heterocycles.